The number of rotatable bonds is 3. The number of amidine groups is 1. The molecular weight excluding hydrogens is 107 g/mol. The van der Waals surface area contributed by atoms with Gasteiger partial charge in [-0.15, -0.1) is 0 Å². The molecule has 2 nitrogen and oxygen atoms in total. The molecular formula is C5H11FN2. The molecule has 1 atom stereocenters. The van der Waals surface area contributed by atoms with Gasteiger partial charge < -0.3 is 5.73 Å². The summed E-state index contributed by atoms with van der Waals surface area (Å²) in [6, 6.07) is 0. The van der Waals surface area contributed by atoms with E-state index >= 15 is 0 Å². The summed E-state index contributed by atoms with van der Waals surface area (Å²) in [4.78, 5) is 0. The highest BCUT2D eigenvalue weighted by molar-refractivity contribution is 5.76. The number of halogens is 1. The Labute approximate surface area is 48.4 Å². The minimum atomic E-state index is -0.834. The molecule has 0 radical (unpaired) electrons. The Bertz CT molecular complexity index is 80.5. The van der Waals surface area contributed by atoms with Crippen molar-refractivity contribution >= 4 is 5.84 Å². The molecule has 0 saturated heterocycles. The van der Waals surface area contributed by atoms with Crippen LogP contribution < -0.4 is 5.73 Å². The summed E-state index contributed by atoms with van der Waals surface area (Å²) in [5.74, 6) is 0.0644. The first kappa shape index (κ1) is 7.40. The van der Waals surface area contributed by atoms with E-state index in [1.165, 1.54) is 6.92 Å². The molecule has 3 heteroatoms. The van der Waals surface area contributed by atoms with Crippen LogP contribution in [0.5, 0.6) is 0 Å². The number of hydrogen-bond donors (Lipinski definition) is 2. The van der Waals surface area contributed by atoms with Crippen molar-refractivity contribution in [3.05, 3.63) is 0 Å². The van der Waals surface area contributed by atoms with Gasteiger partial charge in [0.1, 0.15) is 0 Å². The molecule has 0 spiro atoms. The normalized spacial score (nSPS) is 13.2. The Morgan fingerprint density at radius 3 is 2.50 bits per heavy atom. The van der Waals surface area contributed by atoms with Crippen LogP contribution in [-0.2, 0) is 0 Å². The Kier molecular flexibility index (Phi) is 3.15. The van der Waals surface area contributed by atoms with E-state index in [0.717, 1.165) is 0 Å². The van der Waals surface area contributed by atoms with Crippen molar-refractivity contribution < 1.29 is 4.39 Å². The summed E-state index contributed by atoms with van der Waals surface area (Å²) in [6.45, 7) is 1.46. The molecule has 0 amide bonds. The molecule has 0 aromatic carbocycles. The number of alkyl halides is 1. The van der Waals surface area contributed by atoms with E-state index in [-0.39, 0.29) is 5.84 Å². The van der Waals surface area contributed by atoms with E-state index < -0.39 is 6.17 Å². The SMILES string of the molecule is CC(F)CCC(=N)N. The Morgan fingerprint density at radius 1 is 1.88 bits per heavy atom. The first-order chi connectivity index (χ1) is 3.63. The van der Waals surface area contributed by atoms with Crippen molar-refractivity contribution in [3.63, 3.8) is 0 Å². The quantitative estimate of drug-likeness (QED) is 0.422. The number of nitrogens with one attached hydrogen (secondary N) is 1. The summed E-state index contributed by atoms with van der Waals surface area (Å²) < 4.78 is 11.9. The van der Waals surface area contributed by atoms with Gasteiger partial charge in [-0.3, -0.25) is 5.41 Å². The van der Waals surface area contributed by atoms with Gasteiger partial charge in [-0.05, 0) is 13.3 Å². The fourth-order valence-electron chi connectivity index (χ4n) is 0.354. The van der Waals surface area contributed by atoms with Gasteiger partial charge in [0.15, 0.2) is 0 Å². The van der Waals surface area contributed by atoms with Crippen molar-refractivity contribution in [2.24, 2.45) is 5.73 Å². The molecule has 0 aliphatic heterocycles. The minimum Gasteiger partial charge on any atom is -0.388 e. The van der Waals surface area contributed by atoms with Crippen LogP contribution in [0.3, 0.4) is 0 Å². The fraction of sp³-hybridized carbons (Fsp3) is 0.800. The summed E-state index contributed by atoms with van der Waals surface area (Å²) >= 11 is 0. The maximum absolute atomic E-state index is 11.9. The first-order valence-corrected chi connectivity index (χ1v) is 2.60. The predicted octanol–water partition coefficient (Wildman–Crippen LogP) is 1.06. The molecule has 48 valence electrons. The lowest BCUT2D eigenvalue weighted by Crippen LogP contribution is -2.10. The predicted molar refractivity (Wildman–Crippen MR) is 31.7 cm³/mol. The van der Waals surface area contributed by atoms with Crippen LogP contribution >= 0.6 is 0 Å². The van der Waals surface area contributed by atoms with E-state index in [1.807, 2.05) is 0 Å². The molecule has 8 heavy (non-hydrogen) atoms. The highest BCUT2D eigenvalue weighted by Gasteiger charge is 1.97. The molecule has 0 aliphatic carbocycles. The van der Waals surface area contributed by atoms with Gasteiger partial charge in [-0.2, -0.15) is 0 Å². The van der Waals surface area contributed by atoms with Gasteiger partial charge in [-0.1, -0.05) is 0 Å². The van der Waals surface area contributed by atoms with Gasteiger partial charge in [0.05, 0.1) is 12.0 Å². The van der Waals surface area contributed by atoms with E-state index in [9.17, 15) is 4.39 Å². The van der Waals surface area contributed by atoms with Crippen LogP contribution in [-0.4, -0.2) is 12.0 Å². The molecule has 3 N–H and O–H groups in total. The third kappa shape index (κ3) is 5.40. The van der Waals surface area contributed by atoms with Crippen molar-refractivity contribution in [3.8, 4) is 0 Å². The molecule has 0 fully saturated rings. The molecule has 0 heterocycles. The zero-order valence-electron chi connectivity index (χ0n) is 4.95. The first-order valence-electron chi connectivity index (χ1n) is 2.60. The highest BCUT2D eigenvalue weighted by atomic mass is 19.1. The highest BCUT2D eigenvalue weighted by Crippen LogP contribution is 1.98. The second kappa shape index (κ2) is 3.41. The van der Waals surface area contributed by atoms with Crippen LogP contribution in [0.1, 0.15) is 19.8 Å². The van der Waals surface area contributed by atoms with Crippen LogP contribution in [0.15, 0.2) is 0 Å². The summed E-state index contributed by atoms with van der Waals surface area (Å²) in [5, 5.41) is 6.70. The van der Waals surface area contributed by atoms with E-state index in [0.29, 0.717) is 12.8 Å². The van der Waals surface area contributed by atoms with Crippen LogP contribution in [0.2, 0.25) is 0 Å². The minimum absolute atomic E-state index is 0.0644. The zero-order valence-corrected chi connectivity index (χ0v) is 4.95. The zero-order chi connectivity index (χ0) is 6.57. The molecule has 0 bridgehead atoms. The topological polar surface area (TPSA) is 49.9 Å². The van der Waals surface area contributed by atoms with Crippen LogP contribution in [0.4, 0.5) is 4.39 Å². The number of hydrogen-bond acceptors (Lipinski definition) is 1. The average Bonchev–Trinajstić information content (AvgIpc) is 1.61. The van der Waals surface area contributed by atoms with Gasteiger partial charge in [0, 0.05) is 6.42 Å². The molecule has 1 unspecified atom stereocenters. The van der Waals surface area contributed by atoms with Gasteiger partial charge in [-0.25, -0.2) is 4.39 Å². The van der Waals surface area contributed by atoms with Gasteiger partial charge in [0.25, 0.3) is 0 Å². The second-order valence-corrected chi connectivity index (χ2v) is 1.84. The van der Waals surface area contributed by atoms with Crippen LogP contribution in [0, 0.1) is 5.41 Å². The lowest BCUT2D eigenvalue weighted by Gasteiger charge is -1.97. The van der Waals surface area contributed by atoms with Crippen LogP contribution in [0.25, 0.3) is 0 Å². The molecule has 0 aromatic rings. The fourth-order valence-corrected chi connectivity index (χ4v) is 0.354. The van der Waals surface area contributed by atoms with Crippen molar-refractivity contribution in [2.45, 2.75) is 25.9 Å². The lowest BCUT2D eigenvalue weighted by molar-refractivity contribution is 0.345. The largest absolute Gasteiger partial charge is 0.388 e. The second-order valence-electron chi connectivity index (χ2n) is 1.84. The Morgan fingerprint density at radius 2 is 2.38 bits per heavy atom. The van der Waals surface area contributed by atoms with Crippen molar-refractivity contribution in [2.75, 3.05) is 0 Å². The van der Waals surface area contributed by atoms with Crippen molar-refractivity contribution in [1.29, 1.82) is 5.41 Å². The summed E-state index contributed by atoms with van der Waals surface area (Å²) in [7, 11) is 0. The molecule has 0 rings (SSSR count). The third-order valence-corrected chi connectivity index (χ3v) is 0.811. The Balaban J connectivity index is 3.05. The summed E-state index contributed by atoms with van der Waals surface area (Å²) in [6.07, 6.45) is -0.0913. The monoisotopic (exact) mass is 118 g/mol. The Hall–Kier alpha value is -0.600. The smallest absolute Gasteiger partial charge is 0.0977 e. The number of nitrogens with two attached hydrogens (primary N) is 1. The molecule has 0 aliphatic rings. The standard InChI is InChI=1S/C5H11FN2/c1-4(6)2-3-5(7)8/h4H,2-3H2,1H3,(H3,7,8). The van der Waals surface area contributed by atoms with E-state index in [2.05, 4.69) is 0 Å². The maximum atomic E-state index is 11.9. The molecule has 0 saturated carbocycles. The third-order valence-electron chi connectivity index (χ3n) is 0.811. The van der Waals surface area contributed by atoms with Gasteiger partial charge >= 0.3 is 0 Å². The summed E-state index contributed by atoms with van der Waals surface area (Å²) in [5.41, 5.74) is 4.96. The lowest BCUT2D eigenvalue weighted by atomic mass is 10.2. The van der Waals surface area contributed by atoms with E-state index in [4.69, 9.17) is 11.1 Å². The van der Waals surface area contributed by atoms with E-state index in [1.54, 1.807) is 0 Å². The average molecular weight is 118 g/mol. The maximum Gasteiger partial charge on any atom is 0.0977 e. The van der Waals surface area contributed by atoms with Gasteiger partial charge in [0.2, 0.25) is 0 Å². The molecule has 0 aromatic heterocycles. The van der Waals surface area contributed by atoms with Crippen molar-refractivity contribution in [1.82, 2.24) is 0 Å².